The van der Waals surface area contributed by atoms with Crippen molar-refractivity contribution in [3.63, 3.8) is 0 Å². The van der Waals surface area contributed by atoms with Crippen LogP contribution in [0.1, 0.15) is 9.67 Å². The number of aliphatic imine (C=N–C) groups is 1. The second kappa shape index (κ2) is 3.30. The molecule has 0 atom stereocenters. The second-order valence-electron chi connectivity index (χ2n) is 1.78. The molecule has 0 unspecified atom stereocenters. The Kier molecular flexibility index (Phi) is 2.38. The monoisotopic (exact) mass is 169 g/mol. The van der Waals surface area contributed by atoms with Crippen molar-refractivity contribution in [3.05, 3.63) is 16.3 Å². The first kappa shape index (κ1) is 7.94. The molecule has 11 heavy (non-hydrogen) atoms. The van der Waals surface area contributed by atoms with E-state index in [0.29, 0.717) is 10.6 Å². The highest BCUT2D eigenvalue weighted by molar-refractivity contribution is 7.12. The number of thiophene rings is 1. The first-order valence-electron chi connectivity index (χ1n) is 2.92. The van der Waals surface area contributed by atoms with E-state index in [0.717, 1.165) is 0 Å². The maximum Gasteiger partial charge on any atom is 0.350 e. The van der Waals surface area contributed by atoms with Crippen molar-refractivity contribution < 1.29 is 9.53 Å². The summed E-state index contributed by atoms with van der Waals surface area (Å²) < 4.78 is 4.52. The Morgan fingerprint density at radius 1 is 1.82 bits per heavy atom. The Morgan fingerprint density at radius 3 is 3.09 bits per heavy atom. The summed E-state index contributed by atoms with van der Waals surface area (Å²) in [5.41, 5.74) is 0.585. The molecular weight excluding hydrogens is 162 g/mol. The van der Waals surface area contributed by atoms with Crippen molar-refractivity contribution in [1.29, 1.82) is 0 Å². The number of carbonyl (C=O) groups is 1. The molecule has 0 amide bonds. The molecule has 0 aromatic carbocycles. The molecule has 0 aliphatic carbocycles. The maximum absolute atomic E-state index is 11.0. The molecule has 1 aromatic heterocycles. The largest absolute Gasteiger partial charge is 0.465 e. The predicted molar refractivity (Wildman–Crippen MR) is 44.9 cm³/mol. The third-order valence-corrected chi connectivity index (χ3v) is 2.07. The van der Waals surface area contributed by atoms with Gasteiger partial charge in [-0.3, -0.25) is 4.99 Å². The molecule has 1 heterocycles. The molecular formula is C7H7NO2S. The van der Waals surface area contributed by atoms with E-state index in [9.17, 15) is 4.79 Å². The van der Waals surface area contributed by atoms with Crippen molar-refractivity contribution in [1.82, 2.24) is 0 Å². The van der Waals surface area contributed by atoms with E-state index in [1.807, 2.05) is 0 Å². The van der Waals surface area contributed by atoms with Crippen molar-refractivity contribution >= 4 is 29.7 Å². The van der Waals surface area contributed by atoms with Crippen molar-refractivity contribution in [2.45, 2.75) is 0 Å². The summed E-state index contributed by atoms with van der Waals surface area (Å²) in [6, 6.07) is 1.73. The minimum Gasteiger partial charge on any atom is -0.465 e. The summed E-state index contributed by atoms with van der Waals surface area (Å²) in [4.78, 5) is 15.1. The van der Waals surface area contributed by atoms with Crippen molar-refractivity contribution in [3.8, 4) is 0 Å². The van der Waals surface area contributed by atoms with Crippen LogP contribution >= 0.6 is 11.3 Å². The molecule has 0 aliphatic heterocycles. The van der Waals surface area contributed by atoms with E-state index in [-0.39, 0.29) is 5.97 Å². The zero-order valence-electron chi connectivity index (χ0n) is 6.03. The number of nitrogens with zero attached hydrogens (tertiary/aromatic N) is 1. The lowest BCUT2D eigenvalue weighted by Crippen LogP contribution is -1.97. The number of hydrogen-bond donors (Lipinski definition) is 0. The van der Waals surface area contributed by atoms with Crippen LogP contribution in [0.15, 0.2) is 16.4 Å². The number of rotatable bonds is 2. The molecule has 0 aliphatic rings. The number of ether oxygens (including phenoxy) is 1. The number of esters is 1. The van der Waals surface area contributed by atoms with Crippen molar-refractivity contribution in [2.75, 3.05) is 7.11 Å². The number of hydrogen-bond acceptors (Lipinski definition) is 4. The van der Waals surface area contributed by atoms with Crippen LogP contribution in [0.2, 0.25) is 0 Å². The minimum atomic E-state index is -0.359. The van der Waals surface area contributed by atoms with Gasteiger partial charge >= 0.3 is 5.97 Å². The third kappa shape index (κ3) is 1.46. The fraction of sp³-hybridized carbons (Fsp3) is 0.143. The van der Waals surface area contributed by atoms with Gasteiger partial charge in [-0.25, -0.2) is 4.79 Å². The topological polar surface area (TPSA) is 38.7 Å². The molecule has 0 N–H and O–H groups in total. The van der Waals surface area contributed by atoms with Crippen LogP contribution in [0, 0.1) is 0 Å². The van der Waals surface area contributed by atoms with Crippen LogP contribution in [-0.2, 0) is 4.74 Å². The highest BCUT2D eigenvalue weighted by Gasteiger charge is 2.11. The summed E-state index contributed by atoms with van der Waals surface area (Å²) in [5, 5.41) is 1.77. The van der Waals surface area contributed by atoms with Gasteiger partial charge < -0.3 is 4.74 Å². The van der Waals surface area contributed by atoms with Crippen LogP contribution in [-0.4, -0.2) is 19.8 Å². The van der Waals surface area contributed by atoms with Crippen LogP contribution in [0.4, 0.5) is 5.69 Å². The zero-order chi connectivity index (χ0) is 8.27. The van der Waals surface area contributed by atoms with Crippen LogP contribution in [0.25, 0.3) is 0 Å². The number of carbonyl (C=O) groups excluding carboxylic acids is 1. The van der Waals surface area contributed by atoms with Gasteiger partial charge in [-0.1, -0.05) is 0 Å². The average molecular weight is 169 g/mol. The van der Waals surface area contributed by atoms with Crippen LogP contribution in [0.3, 0.4) is 0 Å². The quantitative estimate of drug-likeness (QED) is 0.500. The van der Waals surface area contributed by atoms with Gasteiger partial charge in [0, 0.05) is 0 Å². The fourth-order valence-electron chi connectivity index (χ4n) is 0.672. The summed E-state index contributed by atoms with van der Waals surface area (Å²) in [6.07, 6.45) is 0. The molecule has 0 spiro atoms. The smallest absolute Gasteiger partial charge is 0.350 e. The maximum atomic E-state index is 11.0. The highest BCUT2D eigenvalue weighted by Crippen LogP contribution is 2.24. The van der Waals surface area contributed by atoms with E-state index in [2.05, 4.69) is 16.4 Å². The van der Waals surface area contributed by atoms with Gasteiger partial charge in [0.1, 0.15) is 4.88 Å². The first-order chi connectivity index (χ1) is 5.29. The molecule has 0 radical (unpaired) electrons. The molecule has 0 saturated carbocycles. The highest BCUT2D eigenvalue weighted by atomic mass is 32.1. The molecule has 0 fully saturated rings. The Labute approximate surface area is 68.3 Å². The summed E-state index contributed by atoms with van der Waals surface area (Å²) in [6.45, 7) is 3.33. The Hall–Kier alpha value is -1.16. The molecule has 58 valence electrons. The van der Waals surface area contributed by atoms with Crippen LogP contribution < -0.4 is 0 Å². The summed E-state index contributed by atoms with van der Waals surface area (Å²) >= 11 is 1.30. The predicted octanol–water partition coefficient (Wildman–Crippen LogP) is 1.87. The molecule has 0 saturated heterocycles. The summed E-state index contributed by atoms with van der Waals surface area (Å²) in [7, 11) is 1.34. The minimum absolute atomic E-state index is 0.359. The molecule has 0 bridgehead atoms. The number of methoxy groups -OCH3 is 1. The Balaban J connectivity index is 3.01. The van der Waals surface area contributed by atoms with E-state index in [4.69, 9.17) is 0 Å². The van der Waals surface area contributed by atoms with Gasteiger partial charge in [-0.15, -0.1) is 11.3 Å². The average Bonchev–Trinajstić information content (AvgIpc) is 2.50. The molecule has 4 heteroatoms. The van der Waals surface area contributed by atoms with E-state index in [1.54, 1.807) is 11.4 Å². The lowest BCUT2D eigenvalue weighted by atomic mass is 10.4. The van der Waals surface area contributed by atoms with Gasteiger partial charge in [-0.2, -0.15) is 0 Å². The SMILES string of the molecule is C=Nc1ccsc1C(=O)OC. The third-order valence-electron chi connectivity index (χ3n) is 1.19. The first-order valence-corrected chi connectivity index (χ1v) is 3.80. The molecule has 1 aromatic rings. The van der Waals surface area contributed by atoms with E-state index in [1.165, 1.54) is 18.4 Å². The van der Waals surface area contributed by atoms with Gasteiger partial charge in [-0.05, 0) is 18.2 Å². The fourth-order valence-corrected chi connectivity index (χ4v) is 1.44. The lowest BCUT2D eigenvalue weighted by Gasteiger charge is -1.94. The van der Waals surface area contributed by atoms with Gasteiger partial charge in [0.05, 0.1) is 12.8 Å². The molecule has 3 nitrogen and oxygen atoms in total. The molecule has 1 rings (SSSR count). The normalized spacial score (nSPS) is 9.18. The van der Waals surface area contributed by atoms with E-state index < -0.39 is 0 Å². The standard InChI is InChI=1S/C7H7NO2S/c1-8-5-3-4-11-6(5)7(9)10-2/h3-4H,1H2,2H3. The van der Waals surface area contributed by atoms with Gasteiger partial charge in [0.25, 0.3) is 0 Å². The second-order valence-corrected chi connectivity index (χ2v) is 2.70. The van der Waals surface area contributed by atoms with Crippen molar-refractivity contribution in [2.24, 2.45) is 4.99 Å². The summed E-state index contributed by atoms with van der Waals surface area (Å²) in [5.74, 6) is -0.359. The zero-order valence-corrected chi connectivity index (χ0v) is 6.85. The van der Waals surface area contributed by atoms with E-state index >= 15 is 0 Å². The van der Waals surface area contributed by atoms with Crippen LogP contribution in [0.5, 0.6) is 0 Å². The Morgan fingerprint density at radius 2 is 2.55 bits per heavy atom. The van der Waals surface area contributed by atoms with Gasteiger partial charge in [0.2, 0.25) is 0 Å². The Bertz CT molecular complexity index is 280. The lowest BCUT2D eigenvalue weighted by molar-refractivity contribution is 0.0607. The van der Waals surface area contributed by atoms with Gasteiger partial charge in [0.15, 0.2) is 0 Å².